The zero-order valence-electron chi connectivity index (χ0n) is 12.2. The maximum atomic E-state index is 4.63. The van der Waals surface area contributed by atoms with Gasteiger partial charge in [0, 0.05) is 30.1 Å². The molecule has 2 aromatic heterocycles. The lowest BCUT2D eigenvalue weighted by Gasteiger charge is -2.36. The van der Waals surface area contributed by atoms with Gasteiger partial charge in [0.25, 0.3) is 0 Å². The first-order valence-corrected chi connectivity index (χ1v) is 8.08. The van der Waals surface area contributed by atoms with Crippen LogP contribution in [0.15, 0.2) is 12.4 Å². The number of rotatable bonds is 1. The van der Waals surface area contributed by atoms with Gasteiger partial charge in [-0.3, -0.25) is 0 Å². The van der Waals surface area contributed by atoms with E-state index >= 15 is 0 Å². The zero-order valence-corrected chi connectivity index (χ0v) is 13.0. The standard InChI is InChI=1S/C15H20N4S/c1-9-4-11-13(17-8-18-14(11)20-9)19-7-10-5-16-6-12(10)15(19,2)3/h4,8,10,12,16H,5-7H2,1-3H3. The first-order chi connectivity index (χ1) is 9.57. The maximum Gasteiger partial charge on any atom is 0.141 e. The van der Waals surface area contributed by atoms with Gasteiger partial charge in [-0.15, -0.1) is 11.3 Å². The van der Waals surface area contributed by atoms with Gasteiger partial charge in [0.15, 0.2) is 0 Å². The molecule has 106 valence electrons. The van der Waals surface area contributed by atoms with E-state index < -0.39 is 0 Å². The van der Waals surface area contributed by atoms with E-state index in [-0.39, 0.29) is 5.54 Å². The van der Waals surface area contributed by atoms with Crippen molar-refractivity contribution >= 4 is 27.4 Å². The molecule has 0 radical (unpaired) electrons. The van der Waals surface area contributed by atoms with Crippen LogP contribution in [0.25, 0.3) is 10.2 Å². The minimum Gasteiger partial charge on any atom is -0.350 e. The van der Waals surface area contributed by atoms with Gasteiger partial charge in [0.1, 0.15) is 17.0 Å². The summed E-state index contributed by atoms with van der Waals surface area (Å²) in [5, 5.41) is 4.75. The Morgan fingerprint density at radius 1 is 1.35 bits per heavy atom. The van der Waals surface area contributed by atoms with Crippen molar-refractivity contribution in [2.45, 2.75) is 26.3 Å². The van der Waals surface area contributed by atoms with Gasteiger partial charge in [-0.05, 0) is 38.7 Å². The van der Waals surface area contributed by atoms with Crippen LogP contribution in [0, 0.1) is 18.8 Å². The largest absolute Gasteiger partial charge is 0.350 e. The molecule has 0 aliphatic carbocycles. The third-order valence-corrected chi connectivity index (χ3v) is 6.01. The Morgan fingerprint density at radius 2 is 2.20 bits per heavy atom. The molecule has 2 atom stereocenters. The number of nitrogens with one attached hydrogen (secondary N) is 1. The summed E-state index contributed by atoms with van der Waals surface area (Å²) in [6.45, 7) is 10.2. The van der Waals surface area contributed by atoms with Gasteiger partial charge in [0.05, 0.1) is 5.39 Å². The lowest BCUT2D eigenvalue weighted by molar-refractivity contribution is 0.356. The molecule has 0 bridgehead atoms. The van der Waals surface area contributed by atoms with Crippen LogP contribution in [0.2, 0.25) is 0 Å². The molecular weight excluding hydrogens is 268 g/mol. The molecule has 0 spiro atoms. The topological polar surface area (TPSA) is 41.0 Å². The molecule has 4 rings (SSSR count). The van der Waals surface area contributed by atoms with Crippen LogP contribution >= 0.6 is 11.3 Å². The second kappa shape index (κ2) is 4.15. The van der Waals surface area contributed by atoms with Crippen LogP contribution in [0.3, 0.4) is 0 Å². The number of aromatic nitrogens is 2. The highest BCUT2D eigenvalue weighted by molar-refractivity contribution is 7.18. The van der Waals surface area contributed by atoms with Crippen molar-refractivity contribution in [2.75, 3.05) is 24.5 Å². The van der Waals surface area contributed by atoms with E-state index in [2.05, 4.69) is 47.0 Å². The molecule has 20 heavy (non-hydrogen) atoms. The summed E-state index contributed by atoms with van der Waals surface area (Å²) in [5.74, 6) is 2.58. The van der Waals surface area contributed by atoms with E-state index in [4.69, 9.17) is 0 Å². The molecule has 0 aromatic carbocycles. The van der Waals surface area contributed by atoms with Gasteiger partial charge in [-0.1, -0.05) is 0 Å². The molecule has 2 aromatic rings. The Hall–Kier alpha value is -1.20. The van der Waals surface area contributed by atoms with Gasteiger partial charge in [-0.25, -0.2) is 9.97 Å². The van der Waals surface area contributed by atoms with Crippen molar-refractivity contribution in [1.29, 1.82) is 0 Å². The Morgan fingerprint density at radius 3 is 3.00 bits per heavy atom. The van der Waals surface area contributed by atoms with Crippen molar-refractivity contribution in [1.82, 2.24) is 15.3 Å². The average molecular weight is 288 g/mol. The first-order valence-electron chi connectivity index (χ1n) is 7.27. The SMILES string of the molecule is Cc1cc2c(N3CC4CNCC4C3(C)C)ncnc2s1. The number of hydrogen-bond acceptors (Lipinski definition) is 5. The number of nitrogens with zero attached hydrogens (tertiary/aromatic N) is 3. The van der Waals surface area contributed by atoms with E-state index in [1.807, 2.05) is 0 Å². The molecule has 2 unspecified atom stereocenters. The molecule has 4 nitrogen and oxygen atoms in total. The fourth-order valence-electron chi connectivity index (χ4n) is 3.96. The smallest absolute Gasteiger partial charge is 0.141 e. The number of thiophene rings is 1. The lowest BCUT2D eigenvalue weighted by Crippen LogP contribution is -2.45. The van der Waals surface area contributed by atoms with Crippen LogP contribution in [0.4, 0.5) is 5.82 Å². The molecule has 2 aliphatic rings. The second-order valence-corrected chi connectivity index (χ2v) is 7.80. The number of anilines is 1. The fourth-order valence-corrected chi connectivity index (χ4v) is 4.80. The Bertz CT molecular complexity index is 663. The van der Waals surface area contributed by atoms with Crippen molar-refractivity contribution in [2.24, 2.45) is 11.8 Å². The van der Waals surface area contributed by atoms with Crippen LogP contribution in [0.1, 0.15) is 18.7 Å². The van der Waals surface area contributed by atoms with Crippen molar-refractivity contribution < 1.29 is 0 Å². The summed E-state index contributed by atoms with van der Waals surface area (Å²) < 4.78 is 0. The minimum atomic E-state index is 0.158. The molecule has 4 heterocycles. The van der Waals surface area contributed by atoms with Gasteiger partial charge >= 0.3 is 0 Å². The molecule has 1 N–H and O–H groups in total. The number of fused-ring (bicyclic) bond motifs is 2. The van der Waals surface area contributed by atoms with E-state index in [9.17, 15) is 0 Å². The minimum absolute atomic E-state index is 0.158. The molecule has 2 saturated heterocycles. The Kier molecular flexibility index (Phi) is 2.60. The highest BCUT2D eigenvalue weighted by Gasteiger charge is 2.50. The van der Waals surface area contributed by atoms with Crippen LogP contribution < -0.4 is 10.2 Å². The van der Waals surface area contributed by atoms with Crippen LogP contribution in [-0.4, -0.2) is 35.1 Å². The number of hydrogen-bond donors (Lipinski definition) is 1. The van der Waals surface area contributed by atoms with Crippen LogP contribution in [-0.2, 0) is 0 Å². The zero-order chi connectivity index (χ0) is 13.9. The summed E-state index contributed by atoms with van der Waals surface area (Å²) >= 11 is 1.76. The third kappa shape index (κ3) is 1.63. The Labute approximate surface area is 123 Å². The van der Waals surface area contributed by atoms with E-state index in [1.165, 1.54) is 10.3 Å². The quantitative estimate of drug-likeness (QED) is 0.875. The van der Waals surface area contributed by atoms with E-state index in [0.29, 0.717) is 5.92 Å². The fraction of sp³-hybridized carbons (Fsp3) is 0.600. The maximum absolute atomic E-state index is 4.63. The number of aryl methyl sites for hydroxylation is 1. The van der Waals surface area contributed by atoms with Gasteiger partial charge in [-0.2, -0.15) is 0 Å². The Balaban J connectivity index is 1.83. The summed E-state index contributed by atoms with van der Waals surface area (Å²) in [6.07, 6.45) is 1.72. The molecule has 5 heteroatoms. The summed E-state index contributed by atoms with van der Waals surface area (Å²) in [7, 11) is 0. The van der Waals surface area contributed by atoms with Crippen molar-refractivity contribution in [3.05, 3.63) is 17.3 Å². The van der Waals surface area contributed by atoms with Gasteiger partial charge in [0.2, 0.25) is 0 Å². The molecule has 0 amide bonds. The van der Waals surface area contributed by atoms with E-state index in [0.717, 1.165) is 36.2 Å². The average Bonchev–Trinajstić information content (AvgIpc) is 3.04. The highest BCUT2D eigenvalue weighted by Crippen LogP contribution is 2.44. The molecule has 0 saturated carbocycles. The van der Waals surface area contributed by atoms with Gasteiger partial charge < -0.3 is 10.2 Å². The van der Waals surface area contributed by atoms with Crippen molar-refractivity contribution in [3.63, 3.8) is 0 Å². The first kappa shape index (κ1) is 12.5. The summed E-state index contributed by atoms with van der Waals surface area (Å²) in [6, 6.07) is 2.23. The monoisotopic (exact) mass is 288 g/mol. The van der Waals surface area contributed by atoms with E-state index in [1.54, 1.807) is 17.7 Å². The second-order valence-electron chi connectivity index (χ2n) is 6.56. The highest BCUT2D eigenvalue weighted by atomic mass is 32.1. The summed E-state index contributed by atoms with van der Waals surface area (Å²) in [4.78, 5) is 14.0. The lowest BCUT2D eigenvalue weighted by atomic mass is 9.85. The predicted octanol–water partition coefficient (Wildman–Crippen LogP) is 2.43. The van der Waals surface area contributed by atoms with Crippen molar-refractivity contribution in [3.8, 4) is 0 Å². The van der Waals surface area contributed by atoms with Crippen LogP contribution in [0.5, 0.6) is 0 Å². The molecule has 2 fully saturated rings. The third-order valence-electron chi connectivity index (χ3n) is 5.05. The predicted molar refractivity (Wildman–Crippen MR) is 83.4 cm³/mol. The normalized spacial score (nSPS) is 28.2. The molecule has 2 aliphatic heterocycles. The summed E-state index contributed by atoms with van der Waals surface area (Å²) in [5.41, 5.74) is 0.158. The molecular formula is C15H20N4S.